The van der Waals surface area contributed by atoms with Crippen LogP contribution in [0.4, 0.5) is 0 Å². The average molecular weight is 343 g/mol. The van der Waals surface area contributed by atoms with Crippen LogP contribution in [0.15, 0.2) is 54.6 Å². The Balaban J connectivity index is 1.79. The Morgan fingerprint density at radius 3 is 2.20 bits per heavy atom. The highest BCUT2D eigenvalue weighted by atomic mass is 16.6. The lowest BCUT2D eigenvalue weighted by Gasteiger charge is -2.26. The molecule has 0 heterocycles. The van der Waals surface area contributed by atoms with Gasteiger partial charge in [-0.2, -0.15) is 0 Å². The first kappa shape index (κ1) is 19.4. The fourth-order valence-corrected chi connectivity index (χ4v) is 2.49. The summed E-state index contributed by atoms with van der Waals surface area (Å²) in [6, 6.07) is 18.3. The van der Waals surface area contributed by atoms with Crippen molar-refractivity contribution in [2.24, 2.45) is 0 Å². The topological polar surface area (TPSA) is 50.7 Å². The van der Waals surface area contributed by atoms with Gasteiger partial charge in [0, 0.05) is 6.04 Å². The Morgan fingerprint density at radius 1 is 0.960 bits per heavy atom. The molecule has 0 saturated heterocycles. The van der Waals surface area contributed by atoms with E-state index in [0.29, 0.717) is 6.61 Å². The van der Waals surface area contributed by atoms with Crippen LogP contribution in [-0.4, -0.2) is 23.2 Å². The van der Waals surface area contributed by atoms with Crippen molar-refractivity contribution < 1.29 is 14.6 Å². The maximum Gasteiger partial charge on any atom is 0.214 e. The molecular formula is C21H29NO3. The van der Waals surface area contributed by atoms with E-state index >= 15 is 0 Å². The molecule has 0 saturated carbocycles. The highest BCUT2D eigenvalue weighted by Gasteiger charge is 2.18. The smallest absolute Gasteiger partial charge is 0.214 e. The van der Waals surface area contributed by atoms with E-state index in [-0.39, 0.29) is 11.6 Å². The van der Waals surface area contributed by atoms with Gasteiger partial charge in [0.1, 0.15) is 12.4 Å². The third-order valence-electron chi connectivity index (χ3n) is 3.61. The second kappa shape index (κ2) is 8.99. The van der Waals surface area contributed by atoms with Gasteiger partial charge in [-0.1, -0.05) is 42.5 Å². The van der Waals surface area contributed by atoms with E-state index in [4.69, 9.17) is 9.47 Å². The lowest BCUT2D eigenvalue weighted by Crippen LogP contribution is -2.43. The summed E-state index contributed by atoms with van der Waals surface area (Å²) in [5, 5.41) is 13.0. The molecule has 0 aliphatic carbocycles. The maximum atomic E-state index is 9.90. The molecule has 2 aromatic rings. The van der Waals surface area contributed by atoms with Crippen LogP contribution in [0.2, 0.25) is 0 Å². The average Bonchev–Trinajstić information content (AvgIpc) is 2.53. The number of aliphatic hydroxyl groups is 1. The van der Waals surface area contributed by atoms with Gasteiger partial charge in [-0.3, -0.25) is 5.32 Å². The van der Waals surface area contributed by atoms with Gasteiger partial charge in [0.15, 0.2) is 0 Å². The fraction of sp³-hybridized carbons (Fsp3) is 0.429. The van der Waals surface area contributed by atoms with E-state index in [1.54, 1.807) is 0 Å². The van der Waals surface area contributed by atoms with Gasteiger partial charge in [0.25, 0.3) is 0 Å². The maximum absolute atomic E-state index is 9.90. The van der Waals surface area contributed by atoms with Gasteiger partial charge in [-0.25, -0.2) is 0 Å². The molecule has 136 valence electrons. The zero-order chi connectivity index (χ0) is 18.3. The van der Waals surface area contributed by atoms with Crippen molar-refractivity contribution in [2.75, 3.05) is 0 Å². The molecule has 0 aliphatic heterocycles. The standard InChI is InChI=1S/C21H29NO3/c1-16(22-20(23)25-21(2,3)4)14-17-10-12-19(13-11-17)24-15-18-8-6-5-7-9-18/h5-13,16,20,22-23H,14-15H2,1-4H3. The van der Waals surface area contributed by atoms with Crippen LogP contribution in [0.5, 0.6) is 5.75 Å². The van der Waals surface area contributed by atoms with Crippen molar-refractivity contribution in [2.45, 2.75) is 58.8 Å². The number of hydrogen-bond acceptors (Lipinski definition) is 4. The molecule has 0 aromatic heterocycles. The second-order valence-electron chi connectivity index (χ2n) is 7.27. The molecule has 0 aliphatic rings. The van der Waals surface area contributed by atoms with Gasteiger partial charge in [-0.05, 0) is 57.4 Å². The minimum absolute atomic E-state index is 0.0911. The summed E-state index contributed by atoms with van der Waals surface area (Å²) >= 11 is 0. The van der Waals surface area contributed by atoms with Crippen molar-refractivity contribution in [3.8, 4) is 5.75 Å². The molecule has 4 nitrogen and oxygen atoms in total. The zero-order valence-corrected chi connectivity index (χ0v) is 15.5. The molecular weight excluding hydrogens is 314 g/mol. The van der Waals surface area contributed by atoms with Crippen LogP contribution in [0.25, 0.3) is 0 Å². The fourth-order valence-electron chi connectivity index (χ4n) is 2.49. The Labute approximate surface area is 150 Å². The molecule has 2 unspecified atom stereocenters. The summed E-state index contributed by atoms with van der Waals surface area (Å²) in [6.07, 6.45) is -0.174. The summed E-state index contributed by atoms with van der Waals surface area (Å²) in [6.45, 7) is 8.33. The van der Waals surface area contributed by atoms with Crippen molar-refractivity contribution in [1.29, 1.82) is 0 Å². The van der Waals surface area contributed by atoms with Crippen molar-refractivity contribution in [3.63, 3.8) is 0 Å². The van der Waals surface area contributed by atoms with Crippen LogP contribution in [-0.2, 0) is 17.8 Å². The Hall–Kier alpha value is -1.88. The molecule has 25 heavy (non-hydrogen) atoms. The van der Waals surface area contributed by atoms with Gasteiger partial charge < -0.3 is 14.6 Å². The van der Waals surface area contributed by atoms with Crippen LogP contribution in [0.1, 0.15) is 38.8 Å². The van der Waals surface area contributed by atoms with E-state index in [1.165, 1.54) is 5.56 Å². The predicted octanol–water partition coefficient (Wildman–Crippen LogP) is 3.88. The minimum atomic E-state index is -0.969. The Bertz CT molecular complexity index is 620. The third kappa shape index (κ3) is 7.69. The lowest BCUT2D eigenvalue weighted by molar-refractivity contribution is -0.184. The number of ether oxygens (including phenoxy) is 2. The first-order chi connectivity index (χ1) is 11.8. The molecule has 2 atom stereocenters. The van der Waals surface area contributed by atoms with Gasteiger partial charge >= 0.3 is 0 Å². The quantitative estimate of drug-likeness (QED) is 0.714. The van der Waals surface area contributed by atoms with E-state index in [1.807, 2.05) is 70.2 Å². The van der Waals surface area contributed by atoms with E-state index in [2.05, 4.69) is 17.4 Å². The summed E-state index contributed by atoms with van der Waals surface area (Å²) in [5.74, 6) is 0.851. The lowest BCUT2D eigenvalue weighted by atomic mass is 10.1. The summed E-state index contributed by atoms with van der Waals surface area (Å²) in [5.41, 5.74) is 1.94. The molecule has 2 N–H and O–H groups in total. The SMILES string of the molecule is CC(Cc1ccc(OCc2ccccc2)cc1)NC(O)OC(C)(C)C. The molecule has 2 rings (SSSR count). The second-order valence-corrected chi connectivity index (χ2v) is 7.27. The Kier molecular flexibility index (Phi) is 7.00. The van der Waals surface area contributed by atoms with Gasteiger partial charge in [-0.15, -0.1) is 0 Å². The molecule has 0 spiro atoms. The largest absolute Gasteiger partial charge is 0.489 e. The Morgan fingerprint density at radius 2 is 1.60 bits per heavy atom. The number of benzene rings is 2. The molecule has 0 radical (unpaired) electrons. The third-order valence-corrected chi connectivity index (χ3v) is 3.61. The summed E-state index contributed by atoms with van der Waals surface area (Å²) in [4.78, 5) is 0. The van der Waals surface area contributed by atoms with Crippen molar-refractivity contribution in [3.05, 3.63) is 65.7 Å². The molecule has 2 aromatic carbocycles. The zero-order valence-electron chi connectivity index (χ0n) is 15.5. The normalized spacial score (nSPS) is 14.1. The first-order valence-electron chi connectivity index (χ1n) is 8.69. The van der Waals surface area contributed by atoms with Crippen LogP contribution in [0.3, 0.4) is 0 Å². The summed E-state index contributed by atoms with van der Waals surface area (Å²) in [7, 11) is 0. The van der Waals surface area contributed by atoms with Gasteiger partial charge in [0.05, 0.1) is 5.60 Å². The predicted molar refractivity (Wildman–Crippen MR) is 100 cm³/mol. The van der Waals surface area contributed by atoms with Crippen LogP contribution in [0, 0.1) is 0 Å². The summed E-state index contributed by atoms with van der Waals surface area (Å²) < 4.78 is 11.3. The van der Waals surface area contributed by atoms with E-state index in [0.717, 1.165) is 17.7 Å². The molecule has 0 fully saturated rings. The number of aliphatic hydroxyl groups excluding tert-OH is 1. The monoisotopic (exact) mass is 343 g/mol. The number of nitrogens with one attached hydrogen (secondary N) is 1. The van der Waals surface area contributed by atoms with Crippen LogP contribution >= 0.6 is 0 Å². The number of hydrogen-bond donors (Lipinski definition) is 2. The molecule has 4 heteroatoms. The molecule has 0 amide bonds. The van der Waals surface area contributed by atoms with Gasteiger partial charge in [0.2, 0.25) is 6.41 Å². The van der Waals surface area contributed by atoms with Crippen molar-refractivity contribution >= 4 is 0 Å². The molecule has 0 bridgehead atoms. The first-order valence-corrected chi connectivity index (χ1v) is 8.69. The van der Waals surface area contributed by atoms with Crippen LogP contribution < -0.4 is 10.1 Å². The van der Waals surface area contributed by atoms with E-state index < -0.39 is 6.41 Å². The minimum Gasteiger partial charge on any atom is -0.489 e. The highest BCUT2D eigenvalue weighted by molar-refractivity contribution is 5.28. The van der Waals surface area contributed by atoms with E-state index in [9.17, 15) is 5.11 Å². The number of rotatable bonds is 8. The highest BCUT2D eigenvalue weighted by Crippen LogP contribution is 2.16. The van der Waals surface area contributed by atoms with Crippen molar-refractivity contribution in [1.82, 2.24) is 5.32 Å².